The number of fused-ring (bicyclic) bond motifs is 2. The van der Waals surface area contributed by atoms with Crippen LogP contribution in [0.2, 0.25) is 0 Å². The van der Waals surface area contributed by atoms with Gasteiger partial charge in [-0.1, -0.05) is 30.3 Å². The van der Waals surface area contributed by atoms with Gasteiger partial charge >= 0.3 is 5.97 Å². The van der Waals surface area contributed by atoms with Crippen LogP contribution in [0, 0.1) is 34.5 Å². The van der Waals surface area contributed by atoms with Crippen LogP contribution in [0.25, 0.3) is 0 Å². The third kappa shape index (κ3) is 3.50. The summed E-state index contributed by atoms with van der Waals surface area (Å²) in [5, 5.41) is 25.2. The van der Waals surface area contributed by atoms with Gasteiger partial charge in [0, 0.05) is 76.5 Å². The molecule has 1 saturated heterocycles. The number of piperidine rings is 1. The molecule has 0 amide bonds. The van der Waals surface area contributed by atoms with Crippen LogP contribution >= 0.6 is 0 Å². The van der Waals surface area contributed by atoms with Gasteiger partial charge in [0.25, 0.3) is 0 Å². The number of aliphatic hydroxyl groups is 2. The van der Waals surface area contributed by atoms with Crippen LogP contribution in [0.4, 0.5) is 0 Å². The van der Waals surface area contributed by atoms with Crippen molar-refractivity contribution in [1.82, 2.24) is 4.90 Å². The summed E-state index contributed by atoms with van der Waals surface area (Å²) >= 11 is 0. The molecule has 5 unspecified atom stereocenters. The second-order valence-corrected chi connectivity index (χ2v) is 14.2. The molecule has 7 bridgehead atoms. The Kier molecular flexibility index (Phi) is 7.12. The minimum absolute atomic E-state index is 0.0109. The van der Waals surface area contributed by atoms with Gasteiger partial charge in [0.1, 0.15) is 17.8 Å². The zero-order valence-electron chi connectivity index (χ0n) is 26.1. The summed E-state index contributed by atoms with van der Waals surface area (Å²) in [4.78, 5) is 15.6. The van der Waals surface area contributed by atoms with Crippen LogP contribution in [0.3, 0.4) is 0 Å². The van der Waals surface area contributed by atoms with E-state index in [9.17, 15) is 15.0 Å². The minimum atomic E-state index is -1.52. The van der Waals surface area contributed by atoms with Crippen molar-refractivity contribution in [2.75, 3.05) is 48.6 Å². The monoisotopic (exact) mass is 601 g/mol. The number of carbonyl (C=O) groups excluding carboxylic acids is 1. The highest BCUT2D eigenvalue weighted by Crippen LogP contribution is 2.80. The maximum atomic E-state index is 13.2. The van der Waals surface area contributed by atoms with Gasteiger partial charge in [0.15, 0.2) is 5.60 Å². The summed E-state index contributed by atoms with van der Waals surface area (Å²) < 4.78 is 38.2. The molecule has 5 saturated carbocycles. The second kappa shape index (κ2) is 10.2. The zero-order valence-corrected chi connectivity index (χ0v) is 26.1. The van der Waals surface area contributed by atoms with Gasteiger partial charge < -0.3 is 43.5 Å². The average Bonchev–Trinajstić information content (AvgIpc) is 3.38. The van der Waals surface area contributed by atoms with Crippen LogP contribution in [0.15, 0.2) is 30.3 Å². The lowest BCUT2D eigenvalue weighted by atomic mass is 9.43. The fraction of sp³-hybridized carbons (Fsp3) is 0.788. The molecule has 238 valence electrons. The van der Waals surface area contributed by atoms with Crippen molar-refractivity contribution < 1.29 is 43.4 Å². The van der Waals surface area contributed by atoms with Gasteiger partial charge in [0.05, 0.1) is 31.5 Å². The molecule has 7 rings (SSSR count). The van der Waals surface area contributed by atoms with E-state index in [-0.39, 0.29) is 42.1 Å². The van der Waals surface area contributed by atoms with Crippen LogP contribution in [0.1, 0.15) is 31.7 Å². The fourth-order valence-corrected chi connectivity index (χ4v) is 12.3. The molecule has 10 heteroatoms. The molecule has 1 spiro atoms. The predicted octanol–water partition coefficient (Wildman–Crippen LogP) is 1.65. The number of hydrogen-bond donors (Lipinski definition) is 2. The minimum Gasteiger partial charge on any atom is -0.455 e. The molecule has 2 N–H and O–H groups in total. The summed E-state index contributed by atoms with van der Waals surface area (Å²) in [5.41, 5.74) is -2.69. The molecule has 6 aliphatic rings. The highest BCUT2D eigenvalue weighted by molar-refractivity contribution is 5.67. The van der Waals surface area contributed by atoms with E-state index in [1.165, 1.54) is 14.0 Å². The number of hydrogen-bond acceptors (Lipinski definition) is 10. The summed E-state index contributed by atoms with van der Waals surface area (Å²) in [6.07, 6.45) is -1.53. The van der Waals surface area contributed by atoms with E-state index in [0.717, 1.165) is 24.9 Å². The van der Waals surface area contributed by atoms with Crippen LogP contribution < -0.4 is 0 Å². The third-order valence-electron chi connectivity index (χ3n) is 12.8. The number of ether oxygens (including phenoxy) is 6. The van der Waals surface area contributed by atoms with Crippen molar-refractivity contribution in [1.29, 1.82) is 0 Å². The molecular weight excluding hydrogens is 554 g/mol. The Balaban J connectivity index is 1.49. The summed E-state index contributed by atoms with van der Waals surface area (Å²) in [5.74, 6) is -1.66. The SMILES string of the molecule is COC[C@]12CC[C@H](OC)[C@]34C5C[C@@]6(O)[C@H](OCc7ccccc7)C5[C@@](OC(C)=O)(C(C3N(C)C1)[C@H](OC)C24)[C@@H](O)[C@@H]6OC. The normalized spacial score (nSPS) is 51.0. The number of nitrogens with zero attached hydrogens (tertiary/aromatic N) is 1. The van der Waals surface area contributed by atoms with E-state index < -0.39 is 52.7 Å². The summed E-state index contributed by atoms with van der Waals surface area (Å²) in [6, 6.07) is 9.71. The van der Waals surface area contributed by atoms with Gasteiger partial charge in [-0.2, -0.15) is 0 Å². The van der Waals surface area contributed by atoms with Crippen molar-refractivity contribution in [3.63, 3.8) is 0 Å². The third-order valence-corrected chi connectivity index (χ3v) is 12.8. The van der Waals surface area contributed by atoms with Crippen molar-refractivity contribution in [3.8, 4) is 0 Å². The lowest BCUT2D eigenvalue weighted by molar-refractivity contribution is -0.323. The smallest absolute Gasteiger partial charge is 0.303 e. The molecule has 1 aromatic rings. The van der Waals surface area contributed by atoms with E-state index in [2.05, 4.69) is 11.9 Å². The Morgan fingerprint density at radius 3 is 2.42 bits per heavy atom. The largest absolute Gasteiger partial charge is 0.455 e. The molecule has 43 heavy (non-hydrogen) atoms. The number of likely N-dealkylation sites (tertiary alicyclic amines) is 1. The lowest BCUT2D eigenvalue weighted by Gasteiger charge is -2.69. The molecule has 6 fully saturated rings. The first-order valence-electron chi connectivity index (χ1n) is 15.7. The van der Waals surface area contributed by atoms with Crippen LogP contribution in [-0.4, -0.2) is 117 Å². The maximum absolute atomic E-state index is 13.2. The molecule has 1 aromatic carbocycles. The predicted molar refractivity (Wildman–Crippen MR) is 154 cm³/mol. The van der Waals surface area contributed by atoms with Crippen molar-refractivity contribution >= 4 is 5.97 Å². The van der Waals surface area contributed by atoms with E-state index in [1.54, 1.807) is 21.3 Å². The van der Waals surface area contributed by atoms with Gasteiger partial charge in [0.2, 0.25) is 0 Å². The molecule has 0 aromatic heterocycles. The first kappa shape index (κ1) is 30.0. The second-order valence-electron chi connectivity index (χ2n) is 14.2. The first-order chi connectivity index (χ1) is 20.6. The van der Waals surface area contributed by atoms with Crippen LogP contribution in [0.5, 0.6) is 0 Å². The highest BCUT2D eigenvalue weighted by atomic mass is 16.6. The quantitative estimate of drug-likeness (QED) is 0.405. The van der Waals surface area contributed by atoms with Gasteiger partial charge in [-0.05, 0) is 37.8 Å². The Morgan fingerprint density at radius 2 is 1.79 bits per heavy atom. The standard InChI is InChI=1S/C33H47NO9/c1-18(35)43-33-22-20(14-31(37,29(41-6)27(33)36)28(22)42-15-19-10-8-7-9-11-19)32-21(39-4)12-13-30(17-38-3)16-34(2)26(32)23(33)24(40-5)25(30)32/h7-11,20-29,36-37H,12-17H2,1-6H3/t20?,21-,22?,23?,24-,25?,26?,27-,28+,29-,30-,31+,32-,33+/m0/s1. The summed E-state index contributed by atoms with van der Waals surface area (Å²) in [7, 11) is 8.90. The number of benzene rings is 1. The number of rotatable bonds is 9. The first-order valence-corrected chi connectivity index (χ1v) is 15.7. The van der Waals surface area contributed by atoms with Crippen molar-refractivity contribution in [2.45, 2.75) is 80.6 Å². The maximum Gasteiger partial charge on any atom is 0.303 e. The zero-order chi connectivity index (χ0) is 30.5. The number of carbonyl (C=O) groups is 1. The number of aliphatic hydroxyl groups excluding tert-OH is 1. The van der Waals surface area contributed by atoms with Crippen LogP contribution in [-0.2, 0) is 39.8 Å². The number of esters is 1. The van der Waals surface area contributed by atoms with Crippen molar-refractivity contribution in [2.24, 2.45) is 34.5 Å². The molecule has 0 radical (unpaired) electrons. The van der Waals surface area contributed by atoms with Gasteiger partial charge in [-0.15, -0.1) is 0 Å². The topological polar surface area (TPSA) is 116 Å². The molecule has 1 aliphatic heterocycles. The Hall–Kier alpha value is -1.63. The Labute approximate surface area is 253 Å². The Morgan fingerprint density at radius 1 is 1.05 bits per heavy atom. The van der Waals surface area contributed by atoms with Gasteiger partial charge in [-0.25, -0.2) is 0 Å². The van der Waals surface area contributed by atoms with E-state index >= 15 is 0 Å². The summed E-state index contributed by atoms with van der Waals surface area (Å²) in [6.45, 7) is 3.01. The molecule has 1 heterocycles. The molecule has 10 nitrogen and oxygen atoms in total. The average molecular weight is 602 g/mol. The molecule has 5 aliphatic carbocycles. The molecular formula is C33H47NO9. The highest BCUT2D eigenvalue weighted by Gasteiger charge is 2.91. The number of methoxy groups -OCH3 is 4. The fourth-order valence-electron chi connectivity index (χ4n) is 12.3. The van der Waals surface area contributed by atoms with Gasteiger partial charge in [-0.3, -0.25) is 4.79 Å². The van der Waals surface area contributed by atoms with Crippen molar-refractivity contribution in [3.05, 3.63) is 35.9 Å². The Bertz CT molecular complexity index is 1230. The van der Waals surface area contributed by atoms with E-state index in [4.69, 9.17) is 28.4 Å². The lowest BCUT2D eigenvalue weighted by Crippen LogP contribution is -2.80. The van der Waals surface area contributed by atoms with E-state index in [1.807, 2.05) is 30.3 Å². The molecule has 14 atom stereocenters. The van der Waals surface area contributed by atoms with E-state index in [0.29, 0.717) is 13.0 Å².